The second kappa shape index (κ2) is 7.33. The van der Waals surface area contributed by atoms with Crippen molar-refractivity contribution in [2.24, 2.45) is 0 Å². The van der Waals surface area contributed by atoms with Crippen LogP contribution in [0.5, 0.6) is 5.75 Å². The first-order chi connectivity index (χ1) is 11.3. The van der Waals surface area contributed by atoms with Crippen molar-refractivity contribution in [1.29, 1.82) is 0 Å². The van der Waals surface area contributed by atoms with Crippen molar-refractivity contribution in [1.82, 2.24) is 4.90 Å². The molecule has 1 aliphatic rings. The predicted molar refractivity (Wildman–Crippen MR) is 86.6 cm³/mol. The van der Waals surface area contributed by atoms with E-state index in [1.54, 1.807) is 18.4 Å². The zero-order chi connectivity index (χ0) is 16.1. The first-order valence-corrected chi connectivity index (χ1v) is 8.14. The van der Waals surface area contributed by atoms with Crippen molar-refractivity contribution in [3.8, 4) is 5.75 Å². The molecule has 0 atom stereocenters. The maximum absolute atomic E-state index is 12.2. The van der Waals surface area contributed by atoms with Crippen LogP contribution in [0.25, 0.3) is 0 Å². The molecule has 2 heterocycles. The zero-order valence-electron chi connectivity index (χ0n) is 13.5. The number of nitrogens with one attached hydrogen (secondary N) is 1. The van der Waals surface area contributed by atoms with Crippen LogP contribution in [0.4, 0.5) is 0 Å². The van der Waals surface area contributed by atoms with Gasteiger partial charge >= 0.3 is 0 Å². The maximum Gasteiger partial charge on any atom is 0.289 e. The van der Waals surface area contributed by atoms with Gasteiger partial charge in [-0.15, -0.1) is 0 Å². The van der Waals surface area contributed by atoms with E-state index in [1.165, 1.54) is 10.5 Å². The van der Waals surface area contributed by atoms with Crippen molar-refractivity contribution >= 4 is 5.91 Å². The Bertz CT molecular complexity index is 614. The molecule has 1 aliphatic heterocycles. The normalized spacial score (nSPS) is 15.6. The van der Waals surface area contributed by atoms with Crippen molar-refractivity contribution in [2.45, 2.75) is 13.5 Å². The second-order valence-corrected chi connectivity index (χ2v) is 5.77. The highest BCUT2D eigenvalue weighted by atomic mass is 16.5. The van der Waals surface area contributed by atoms with Crippen molar-refractivity contribution < 1.29 is 18.8 Å². The molecule has 0 spiro atoms. The number of hydrogen-bond acceptors (Lipinski definition) is 3. The average molecular weight is 315 g/mol. The summed E-state index contributed by atoms with van der Waals surface area (Å²) in [4.78, 5) is 15.6. The lowest BCUT2D eigenvalue weighted by atomic mass is 10.2. The Morgan fingerprint density at radius 2 is 1.96 bits per heavy atom. The number of ether oxygens (including phenoxy) is 1. The molecule has 0 bridgehead atoms. The Morgan fingerprint density at radius 3 is 2.57 bits per heavy atom. The molecule has 0 aliphatic carbocycles. The van der Waals surface area contributed by atoms with E-state index in [4.69, 9.17) is 9.15 Å². The molecule has 5 nitrogen and oxygen atoms in total. The summed E-state index contributed by atoms with van der Waals surface area (Å²) in [6.07, 6.45) is 1.54. The van der Waals surface area contributed by atoms with Gasteiger partial charge in [-0.25, -0.2) is 0 Å². The van der Waals surface area contributed by atoms with Crippen LogP contribution in [0.3, 0.4) is 0 Å². The number of rotatable bonds is 5. The predicted octanol–water partition coefficient (Wildman–Crippen LogP) is 1.22. The fourth-order valence-corrected chi connectivity index (χ4v) is 2.92. The number of hydrogen-bond donors (Lipinski definition) is 1. The number of furan rings is 1. The summed E-state index contributed by atoms with van der Waals surface area (Å²) in [5, 5.41) is 0. The van der Waals surface area contributed by atoms with E-state index in [2.05, 4.69) is 12.1 Å². The third kappa shape index (κ3) is 3.93. The number of benzene rings is 1. The number of nitrogens with zero attached hydrogens (tertiary/aromatic N) is 1. The van der Waals surface area contributed by atoms with Crippen LogP contribution in [-0.4, -0.2) is 43.6 Å². The van der Waals surface area contributed by atoms with Crippen molar-refractivity contribution in [3.63, 3.8) is 0 Å². The fourth-order valence-electron chi connectivity index (χ4n) is 2.92. The van der Waals surface area contributed by atoms with Crippen molar-refractivity contribution in [2.75, 3.05) is 32.8 Å². The largest absolute Gasteiger partial charge is 0.494 e. The molecule has 23 heavy (non-hydrogen) atoms. The Labute approximate surface area is 136 Å². The van der Waals surface area contributed by atoms with Crippen LogP contribution in [0.15, 0.2) is 47.1 Å². The minimum Gasteiger partial charge on any atom is -0.494 e. The Balaban J connectivity index is 1.50. The molecule has 0 radical (unpaired) electrons. The standard InChI is InChI=1S/C18H22N2O3/c1-2-22-16-7-5-15(6-8-16)14-19-9-11-20(12-10-19)18(21)17-4-3-13-23-17/h3-8,13H,2,9-12,14H2,1H3/p+1. The van der Waals surface area contributed by atoms with Gasteiger partial charge < -0.3 is 19.0 Å². The zero-order valence-corrected chi connectivity index (χ0v) is 13.5. The lowest BCUT2D eigenvalue weighted by Gasteiger charge is -2.31. The van der Waals surface area contributed by atoms with Crippen molar-refractivity contribution in [3.05, 3.63) is 54.0 Å². The fraction of sp³-hybridized carbons (Fsp3) is 0.389. The molecule has 2 aromatic rings. The van der Waals surface area contributed by atoms with Crippen LogP contribution in [0, 0.1) is 0 Å². The molecule has 1 amide bonds. The van der Waals surface area contributed by atoms with Crippen LogP contribution in [0.1, 0.15) is 23.0 Å². The van der Waals surface area contributed by atoms with E-state index in [0.29, 0.717) is 12.4 Å². The average Bonchev–Trinajstić information content (AvgIpc) is 3.11. The molecule has 1 aromatic carbocycles. The summed E-state index contributed by atoms with van der Waals surface area (Å²) in [5.74, 6) is 1.34. The Hall–Kier alpha value is -2.27. The Kier molecular flexibility index (Phi) is 4.98. The molecule has 3 rings (SSSR count). The third-order valence-corrected chi connectivity index (χ3v) is 4.18. The number of piperazine rings is 1. The van der Waals surface area contributed by atoms with E-state index in [9.17, 15) is 4.79 Å². The summed E-state index contributed by atoms with van der Waals surface area (Å²) in [6, 6.07) is 11.8. The van der Waals surface area contributed by atoms with Crippen LogP contribution >= 0.6 is 0 Å². The number of carbonyl (C=O) groups is 1. The van der Waals surface area contributed by atoms with Gasteiger partial charge in [-0.1, -0.05) is 0 Å². The van der Waals surface area contributed by atoms with Crippen LogP contribution in [0.2, 0.25) is 0 Å². The highest BCUT2D eigenvalue weighted by Crippen LogP contribution is 2.11. The van der Waals surface area contributed by atoms with Crippen LogP contribution < -0.4 is 9.64 Å². The molecule has 1 aromatic heterocycles. The Morgan fingerprint density at radius 1 is 1.22 bits per heavy atom. The molecule has 122 valence electrons. The SMILES string of the molecule is CCOc1ccc(C[NH+]2CCN(C(=O)c3ccco3)CC2)cc1. The first-order valence-electron chi connectivity index (χ1n) is 8.14. The first kappa shape index (κ1) is 15.6. The van der Waals surface area contributed by atoms with Gasteiger partial charge in [-0.05, 0) is 43.3 Å². The highest BCUT2D eigenvalue weighted by Gasteiger charge is 2.25. The quantitative estimate of drug-likeness (QED) is 0.902. The molecule has 1 N–H and O–H groups in total. The van der Waals surface area contributed by atoms with Crippen LogP contribution in [-0.2, 0) is 6.54 Å². The summed E-state index contributed by atoms with van der Waals surface area (Å²) < 4.78 is 10.7. The van der Waals surface area contributed by atoms with E-state index in [1.807, 2.05) is 24.0 Å². The summed E-state index contributed by atoms with van der Waals surface area (Å²) in [7, 11) is 0. The van der Waals surface area contributed by atoms with Gasteiger partial charge in [-0.3, -0.25) is 4.79 Å². The minimum absolute atomic E-state index is 0.00452. The topological polar surface area (TPSA) is 47.1 Å². The van der Waals surface area contributed by atoms with Gasteiger partial charge in [0.2, 0.25) is 0 Å². The number of quaternary nitrogens is 1. The molecular formula is C18H23N2O3+. The monoisotopic (exact) mass is 315 g/mol. The van der Waals surface area contributed by atoms with Gasteiger partial charge in [0.1, 0.15) is 12.3 Å². The van der Waals surface area contributed by atoms with Gasteiger partial charge in [0.05, 0.1) is 39.0 Å². The lowest BCUT2D eigenvalue weighted by Crippen LogP contribution is -3.13. The summed E-state index contributed by atoms with van der Waals surface area (Å²) in [6.45, 7) is 7.12. The second-order valence-electron chi connectivity index (χ2n) is 5.77. The molecule has 1 saturated heterocycles. The van der Waals surface area contributed by atoms with E-state index >= 15 is 0 Å². The van der Waals surface area contributed by atoms with Gasteiger partial charge in [0, 0.05) is 5.56 Å². The minimum atomic E-state index is -0.00452. The number of carbonyl (C=O) groups excluding carboxylic acids is 1. The van der Waals surface area contributed by atoms with E-state index in [0.717, 1.165) is 38.5 Å². The summed E-state index contributed by atoms with van der Waals surface area (Å²) >= 11 is 0. The molecule has 0 unspecified atom stereocenters. The molecule has 0 saturated carbocycles. The third-order valence-electron chi connectivity index (χ3n) is 4.18. The van der Waals surface area contributed by atoms with Gasteiger partial charge in [0.15, 0.2) is 5.76 Å². The summed E-state index contributed by atoms with van der Waals surface area (Å²) in [5.41, 5.74) is 1.30. The van der Waals surface area contributed by atoms with Gasteiger partial charge in [0.25, 0.3) is 5.91 Å². The molecular weight excluding hydrogens is 292 g/mol. The number of amides is 1. The highest BCUT2D eigenvalue weighted by molar-refractivity contribution is 5.91. The maximum atomic E-state index is 12.2. The lowest BCUT2D eigenvalue weighted by molar-refractivity contribution is -0.917. The molecule has 1 fully saturated rings. The molecule has 5 heteroatoms. The van der Waals surface area contributed by atoms with Gasteiger partial charge in [-0.2, -0.15) is 0 Å². The van der Waals surface area contributed by atoms with E-state index in [-0.39, 0.29) is 5.91 Å². The smallest absolute Gasteiger partial charge is 0.289 e. The van der Waals surface area contributed by atoms with E-state index < -0.39 is 0 Å².